The molecule has 0 aliphatic heterocycles. The maximum Gasteiger partial charge on any atom is 0.269 e. The van der Waals surface area contributed by atoms with Gasteiger partial charge in [-0.1, -0.05) is 34.1 Å². The van der Waals surface area contributed by atoms with Gasteiger partial charge in [-0.15, -0.1) is 0 Å². The van der Waals surface area contributed by atoms with Crippen molar-refractivity contribution < 1.29 is 0 Å². The lowest BCUT2D eigenvalue weighted by atomic mass is 10.2. The number of likely N-dealkylation sites (N-methyl/N-ethyl adjacent to an activating group) is 1. The second kappa shape index (κ2) is 6.67. The summed E-state index contributed by atoms with van der Waals surface area (Å²) >= 11 is 3.47. The Bertz CT molecular complexity index is 641. The van der Waals surface area contributed by atoms with Crippen LogP contribution >= 0.6 is 15.9 Å². The van der Waals surface area contributed by atoms with Crippen molar-refractivity contribution in [3.8, 4) is 0 Å². The van der Waals surface area contributed by atoms with Gasteiger partial charge in [0, 0.05) is 30.7 Å². The van der Waals surface area contributed by atoms with E-state index in [4.69, 9.17) is 5.73 Å². The molecule has 5 nitrogen and oxygen atoms in total. The van der Waals surface area contributed by atoms with E-state index in [0.29, 0.717) is 19.6 Å². The Balaban J connectivity index is 2.23. The average molecular weight is 337 g/mol. The number of rotatable bonds is 5. The van der Waals surface area contributed by atoms with Gasteiger partial charge in [0.05, 0.1) is 18.4 Å². The van der Waals surface area contributed by atoms with E-state index in [1.165, 1.54) is 4.68 Å². The van der Waals surface area contributed by atoms with Crippen molar-refractivity contribution in [3.63, 3.8) is 0 Å². The van der Waals surface area contributed by atoms with Crippen LogP contribution in [-0.4, -0.2) is 29.9 Å². The second-order valence-electron chi connectivity index (χ2n) is 4.51. The smallest absolute Gasteiger partial charge is 0.269 e. The first-order chi connectivity index (χ1) is 9.61. The van der Waals surface area contributed by atoms with Gasteiger partial charge < -0.3 is 10.6 Å². The Kier molecular flexibility index (Phi) is 4.92. The summed E-state index contributed by atoms with van der Waals surface area (Å²) in [6, 6.07) is 9.37. The van der Waals surface area contributed by atoms with Crippen LogP contribution in [0.5, 0.6) is 0 Å². The number of benzene rings is 1. The maximum absolute atomic E-state index is 12.1. The van der Waals surface area contributed by atoms with Crippen molar-refractivity contribution in [1.82, 2.24) is 9.78 Å². The zero-order valence-corrected chi connectivity index (χ0v) is 12.9. The van der Waals surface area contributed by atoms with E-state index in [1.54, 1.807) is 12.3 Å². The SMILES string of the molecule is CN(CCN)c1cnn(Cc2ccccc2Br)c(=O)c1. The zero-order valence-electron chi connectivity index (χ0n) is 11.3. The van der Waals surface area contributed by atoms with Crippen LogP contribution in [0.25, 0.3) is 0 Å². The molecule has 2 N–H and O–H groups in total. The Hall–Kier alpha value is -1.66. The van der Waals surface area contributed by atoms with Gasteiger partial charge in [-0.05, 0) is 11.6 Å². The summed E-state index contributed by atoms with van der Waals surface area (Å²) in [7, 11) is 1.89. The van der Waals surface area contributed by atoms with Crippen molar-refractivity contribution >= 4 is 21.6 Å². The number of hydrogen-bond acceptors (Lipinski definition) is 4. The Morgan fingerprint density at radius 2 is 2.15 bits per heavy atom. The molecule has 0 saturated carbocycles. The first kappa shape index (κ1) is 14.7. The van der Waals surface area contributed by atoms with Crippen LogP contribution in [0.2, 0.25) is 0 Å². The molecule has 106 valence electrons. The molecule has 1 aromatic heterocycles. The third-order valence-corrected chi connectivity index (χ3v) is 3.81. The summed E-state index contributed by atoms with van der Waals surface area (Å²) < 4.78 is 2.41. The minimum absolute atomic E-state index is 0.123. The lowest BCUT2D eigenvalue weighted by molar-refractivity contribution is 0.635. The van der Waals surface area contributed by atoms with Crippen molar-refractivity contribution in [2.75, 3.05) is 25.0 Å². The van der Waals surface area contributed by atoms with Gasteiger partial charge in [0.15, 0.2) is 0 Å². The number of nitrogens with two attached hydrogens (primary N) is 1. The molecule has 20 heavy (non-hydrogen) atoms. The van der Waals surface area contributed by atoms with Gasteiger partial charge in [0.2, 0.25) is 0 Å². The number of nitrogens with zero attached hydrogens (tertiary/aromatic N) is 3. The lowest BCUT2D eigenvalue weighted by Crippen LogP contribution is -2.29. The van der Waals surface area contributed by atoms with Crippen LogP contribution in [0.15, 0.2) is 45.8 Å². The van der Waals surface area contributed by atoms with E-state index in [1.807, 2.05) is 36.2 Å². The summed E-state index contributed by atoms with van der Waals surface area (Å²) in [6.45, 7) is 1.67. The summed E-state index contributed by atoms with van der Waals surface area (Å²) in [4.78, 5) is 14.0. The number of halogens is 1. The molecule has 0 aliphatic rings. The van der Waals surface area contributed by atoms with Crippen molar-refractivity contribution in [1.29, 1.82) is 0 Å². The van der Waals surface area contributed by atoms with E-state index >= 15 is 0 Å². The van der Waals surface area contributed by atoms with Crippen molar-refractivity contribution in [2.45, 2.75) is 6.54 Å². The number of aromatic nitrogens is 2. The van der Waals surface area contributed by atoms with Gasteiger partial charge in [0.1, 0.15) is 0 Å². The maximum atomic E-state index is 12.1. The molecule has 1 heterocycles. The van der Waals surface area contributed by atoms with Gasteiger partial charge in [-0.2, -0.15) is 5.10 Å². The highest BCUT2D eigenvalue weighted by Gasteiger charge is 2.06. The molecule has 0 aliphatic carbocycles. The molecule has 0 fully saturated rings. The monoisotopic (exact) mass is 336 g/mol. The fourth-order valence-electron chi connectivity index (χ4n) is 1.86. The molecular weight excluding hydrogens is 320 g/mol. The van der Waals surface area contributed by atoms with E-state index < -0.39 is 0 Å². The Morgan fingerprint density at radius 1 is 1.40 bits per heavy atom. The average Bonchev–Trinajstić information content (AvgIpc) is 2.43. The van der Waals surface area contributed by atoms with Gasteiger partial charge in [0.25, 0.3) is 5.56 Å². The standard InChI is InChI=1S/C14H17BrN4O/c1-18(7-6-16)12-8-14(20)19(17-9-12)10-11-4-2-3-5-13(11)15/h2-5,8-9H,6-7,10,16H2,1H3. The Morgan fingerprint density at radius 3 is 2.80 bits per heavy atom. The van der Waals surface area contributed by atoms with Crippen LogP contribution in [0, 0.1) is 0 Å². The van der Waals surface area contributed by atoms with Crippen molar-refractivity contribution in [2.24, 2.45) is 5.73 Å². The quantitative estimate of drug-likeness (QED) is 0.897. The summed E-state index contributed by atoms with van der Waals surface area (Å²) in [5.41, 5.74) is 7.18. The van der Waals surface area contributed by atoms with E-state index in [9.17, 15) is 4.79 Å². The van der Waals surface area contributed by atoms with Crippen LogP contribution in [0.1, 0.15) is 5.56 Å². The molecule has 1 aromatic carbocycles. The van der Waals surface area contributed by atoms with Gasteiger partial charge in [-0.25, -0.2) is 4.68 Å². The minimum Gasteiger partial charge on any atom is -0.372 e. The highest BCUT2D eigenvalue weighted by atomic mass is 79.9. The first-order valence-corrected chi connectivity index (χ1v) is 7.13. The molecule has 0 amide bonds. The van der Waals surface area contributed by atoms with E-state index in [-0.39, 0.29) is 5.56 Å². The van der Waals surface area contributed by atoms with E-state index in [0.717, 1.165) is 15.7 Å². The topological polar surface area (TPSA) is 64.2 Å². The van der Waals surface area contributed by atoms with E-state index in [2.05, 4.69) is 21.0 Å². The highest BCUT2D eigenvalue weighted by Crippen LogP contribution is 2.16. The van der Waals surface area contributed by atoms with Crippen LogP contribution in [0.3, 0.4) is 0 Å². The summed E-state index contributed by atoms with van der Waals surface area (Å²) in [5, 5.41) is 4.22. The number of hydrogen-bond donors (Lipinski definition) is 1. The molecular formula is C14H17BrN4O. The molecule has 0 saturated heterocycles. The van der Waals surface area contributed by atoms with Crippen LogP contribution < -0.4 is 16.2 Å². The predicted octanol–water partition coefficient (Wildman–Crippen LogP) is 1.45. The summed E-state index contributed by atoms with van der Waals surface area (Å²) in [5.74, 6) is 0. The molecule has 0 spiro atoms. The molecule has 0 atom stereocenters. The predicted molar refractivity (Wildman–Crippen MR) is 84.1 cm³/mol. The summed E-state index contributed by atoms with van der Waals surface area (Å²) in [6.07, 6.45) is 1.69. The normalized spacial score (nSPS) is 10.6. The molecule has 2 aromatic rings. The lowest BCUT2D eigenvalue weighted by Gasteiger charge is -2.17. The largest absolute Gasteiger partial charge is 0.372 e. The molecule has 6 heteroatoms. The highest BCUT2D eigenvalue weighted by molar-refractivity contribution is 9.10. The fraction of sp³-hybridized carbons (Fsp3) is 0.286. The first-order valence-electron chi connectivity index (χ1n) is 6.33. The molecule has 0 bridgehead atoms. The molecule has 0 radical (unpaired) electrons. The van der Waals surface area contributed by atoms with Gasteiger partial charge in [-0.3, -0.25) is 4.79 Å². The van der Waals surface area contributed by atoms with Crippen molar-refractivity contribution in [3.05, 3.63) is 56.9 Å². The van der Waals surface area contributed by atoms with Gasteiger partial charge >= 0.3 is 0 Å². The Labute approximate surface area is 126 Å². The fourth-order valence-corrected chi connectivity index (χ4v) is 2.27. The third-order valence-electron chi connectivity index (χ3n) is 3.04. The third kappa shape index (κ3) is 3.46. The molecule has 0 unspecified atom stereocenters. The van der Waals surface area contributed by atoms with Crippen LogP contribution in [0.4, 0.5) is 5.69 Å². The number of anilines is 1. The van der Waals surface area contributed by atoms with Crippen LogP contribution in [-0.2, 0) is 6.54 Å². The zero-order chi connectivity index (χ0) is 14.5. The second-order valence-corrected chi connectivity index (χ2v) is 5.37. The minimum atomic E-state index is -0.123. The molecule has 2 rings (SSSR count).